The normalized spacial score (nSPS) is 18.4. The van der Waals surface area contributed by atoms with Crippen LogP contribution in [-0.4, -0.2) is 32.3 Å². The Labute approximate surface area is 98.6 Å². The number of aromatic nitrogens is 2. The number of nitrogens with one attached hydrogen (secondary N) is 1. The van der Waals surface area contributed by atoms with E-state index < -0.39 is 11.5 Å². The minimum atomic E-state index is -1.31. The molecule has 1 saturated carbocycles. The Kier molecular flexibility index (Phi) is 2.87. The zero-order chi connectivity index (χ0) is 12.5. The standard InChI is InChI=1S/C11H15N3O3/c1-11(10(16)17,7-14-6-2-5-12-14)13-9(15)8-3-4-8/h2,5-6,8H,3-4,7H2,1H3,(H,13,15)(H,16,17). The molecular formula is C11H15N3O3. The highest BCUT2D eigenvalue weighted by molar-refractivity contribution is 5.88. The second kappa shape index (κ2) is 4.20. The number of amides is 1. The SMILES string of the molecule is CC(Cn1cccn1)(NC(=O)C1CC1)C(=O)O. The summed E-state index contributed by atoms with van der Waals surface area (Å²) in [6.45, 7) is 1.62. The summed E-state index contributed by atoms with van der Waals surface area (Å²) in [5.41, 5.74) is -1.31. The third-order valence-corrected chi connectivity index (χ3v) is 2.86. The Morgan fingerprint density at radius 2 is 2.29 bits per heavy atom. The fourth-order valence-corrected chi connectivity index (χ4v) is 1.60. The van der Waals surface area contributed by atoms with Crippen LogP contribution in [0.25, 0.3) is 0 Å². The van der Waals surface area contributed by atoms with Crippen LogP contribution >= 0.6 is 0 Å². The molecule has 1 aliphatic rings. The Hall–Kier alpha value is -1.85. The minimum absolute atomic E-state index is 0.00806. The Morgan fingerprint density at radius 3 is 2.76 bits per heavy atom. The highest BCUT2D eigenvalue weighted by Gasteiger charge is 2.40. The van der Waals surface area contributed by atoms with Crippen molar-refractivity contribution in [3.63, 3.8) is 0 Å². The molecule has 1 aromatic rings. The third-order valence-electron chi connectivity index (χ3n) is 2.86. The lowest BCUT2D eigenvalue weighted by Crippen LogP contribution is -2.55. The highest BCUT2D eigenvalue weighted by Crippen LogP contribution is 2.29. The molecule has 0 aromatic carbocycles. The number of hydrogen-bond donors (Lipinski definition) is 2. The van der Waals surface area contributed by atoms with Gasteiger partial charge in [-0.25, -0.2) is 4.79 Å². The average molecular weight is 237 g/mol. The van der Waals surface area contributed by atoms with Gasteiger partial charge in [0, 0.05) is 18.3 Å². The van der Waals surface area contributed by atoms with Gasteiger partial charge in [-0.1, -0.05) is 0 Å². The second-order valence-corrected chi connectivity index (χ2v) is 4.60. The topological polar surface area (TPSA) is 84.2 Å². The van der Waals surface area contributed by atoms with E-state index in [2.05, 4.69) is 10.4 Å². The van der Waals surface area contributed by atoms with Crippen LogP contribution in [0, 0.1) is 5.92 Å². The number of aliphatic carboxylic acids is 1. The molecular weight excluding hydrogens is 222 g/mol. The lowest BCUT2D eigenvalue weighted by atomic mass is 10.0. The zero-order valence-corrected chi connectivity index (χ0v) is 9.59. The van der Waals surface area contributed by atoms with Gasteiger partial charge in [0.2, 0.25) is 5.91 Å². The maximum absolute atomic E-state index is 11.6. The lowest BCUT2D eigenvalue weighted by Gasteiger charge is -2.26. The molecule has 0 bridgehead atoms. The van der Waals surface area contributed by atoms with E-state index in [4.69, 9.17) is 0 Å². The van der Waals surface area contributed by atoms with Crippen molar-refractivity contribution in [3.05, 3.63) is 18.5 Å². The quantitative estimate of drug-likeness (QED) is 0.769. The van der Waals surface area contributed by atoms with E-state index in [1.807, 2.05) is 0 Å². The number of rotatable bonds is 5. The van der Waals surface area contributed by atoms with Crippen molar-refractivity contribution < 1.29 is 14.7 Å². The molecule has 1 aromatic heterocycles. The third kappa shape index (κ3) is 2.64. The lowest BCUT2D eigenvalue weighted by molar-refractivity contribution is -0.147. The van der Waals surface area contributed by atoms with Gasteiger partial charge in [0.1, 0.15) is 0 Å². The van der Waals surface area contributed by atoms with Crippen molar-refractivity contribution >= 4 is 11.9 Å². The number of hydrogen-bond acceptors (Lipinski definition) is 3. The molecule has 1 atom stereocenters. The van der Waals surface area contributed by atoms with Crippen molar-refractivity contribution in [2.45, 2.75) is 31.8 Å². The first-order valence-corrected chi connectivity index (χ1v) is 5.54. The summed E-state index contributed by atoms with van der Waals surface area (Å²) in [6, 6.07) is 1.71. The molecule has 1 amide bonds. The van der Waals surface area contributed by atoms with E-state index in [1.165, 1.54) is 11.6 Å². The summed E-state index contributed by atoms with van der Waals surface area (Å²) in [5, 5.41) is 15.8. The Bertz CT molecular complexity index is 425. The predicted molar refractivity (Wildman–Crippen MR) is 59.1 cm³/mol. The largest absolute Gasteiger partial charge is 0.479 e. The van der Waals surface area contributed by atoms with E-state index in [0.29, 0.717) is 0 Å². The summed E-state index contributed by atoms with van der Waals surface area (Å²) in [6.07, 6.45) is 4.95. The number of carbonyl (C=O) groups is 2. The summed E-state index contributed by atoms with van der Waals surface area (Å²) < 4.78 is 1.50. The van der Waals surface area contributed by atoms with Gasteiger partial charge in [-0.3, -0.25) is 9.48 Å². The minimum Gasteiger partial charge on any atom is -0.479 e. The van der Waals surface area contributed by atoms with E-state index >= 15 is 0 Å². The van der Waals surface area contributed by atoms with E-state index in [1.54, 1.807) is 18.5 Å². The van der Waals surface area contributed by atoms with Crippen LogP contribution in [0.1, 0.15) is 19.8 Å². The molecule has 0 aliphatic heterocycles. The van der Waals surface area contributed by atoms with Crippen LogP contribution in [0.5, 0.6) is 0 Å². The summed E-state index contributed by atoms with van der Waals surface area (Å²) >= 11 is 0. The molecule has 1 fully saturated rings. The monoisotopic (exact) mass is 237 g/mol. The van der Waals surface area contributed by atoms with Crippen molar-refractivity contribution in [2.24, 2.45) is 5.92 Å². The molecule has 2 N–H and O–H groups in total. The van der Waals surface area contributed by atoms with Gasteiger partial charge in [-0.05, 0) is 25.8 Å². The van der Waals surface area contributed by atoms with Crippen LogP contribution in [0.15, 0.2) is 18.5 Å². The van der Waals surface area contributed by atoms with Crippen molar-refractivity contribution in [3.8, 4) is 0 Å². The maximum Gasteiger partial charge on any atom is 0.331 e. The van der Waals surface area contributed by atoms with Crippen molar-refractivity contribution in [2.75, 3.05) is 0 Å². The zero-order valence-electron chi connectivity index (χ0n) is 9.59. The van der Waals surface area contributed by atoms with E-state index in [0.717, 1.165) is 12.8 Å². The van der Waals surface area contributed by atoms with Crippen LogP contribution in [0.3, 0.4) is 0 Å². The number of carbonyl (C=O) groups excluding carboxylic acids is 1. The van der Waals surface area contributed by atoms with Gasteiger partial charge in [0.05, 0.1) is 6.54 Å². The molecule has 1 unspecified atom stereocenters. The van der Waals surface area contributed by atoms with Gasteiger partial charge >= 0.3 is 5.97 Å². The summed E-state index contributed by atoms with van der Waals surface area (Å²) in [5.74, 6) is -1.24. The fraction of sp³-hybridized carbons (Fsp3) is 0.545. The second-order valence-electron chi connectivity index (χ2n) is 4.60. The first kappa shape index (κ1) is 11.6. The molecule has 6 heteroatoms. The Balaban J connectivity index is 2.08. The Morgan fingerprint density at radius 1 is 1.59 bits per heavy atom. The van der Waals surface area contributed by atoms with Crippen LogP contribution < -0.4 is 5.32 Å². The fourth-order valence-electron chi connectivity index (χ4n) is 1.60. The summed E-state index contributed by atoms with van der Waals surface area (Å²) in [4.78, 5) is 22.9. The molecule has 17 heavy (non-hydrogen) atoms. The van der Waals surface area contributed by atoms with Gasteiger partial charge in [0.25, 0.3) is 0 Å². The van der Waals surface area contributed by atoms with Crippen LogP contribution in [0.2, 0.25) is 0 Å². The number of carboxylic acid groups (broad SMARTS) is 1. The van der Waals surface area contributed by atoms with Gasteiger partial charge < -0.3 is 10.4 Å². The first-order chi connectivity index (χ1) is 8.01. The molecule has 0 spiro atoms. The van der Waals surface area contributed by atoms with Crippen LogP contribution in [0.4, 0.5) is 0 Å². The van der Waals surface area contributed by atoms with Crippen molar-refractivity contribution in [1.82, 2.24) is 15.1 Å². The van der Waals surface area contributed by atoms with E-state index in [-0.39, 0.29) is 18.4 Å². The van der Waals surface area contributed by atoms with Crippen LogP contribution in [-0.2, 0) is 16.1 Å². The van der Waals surface area contributed by atoms with Gasteiger partial charge in [0.15, 0.2) is 5.54 Å². The molecule has 1 aliphatic carbocycles. The maximum atomic E-state index is 11.6. The number of carboxylic acids is 1. The van der Waals surface area contributed by atoms with Crippen molar-refractivity contribution in [1.29, 1.82) is 0 Å². The summed E-state index contributed by atoms with van der Waals surface area (Å²) in [7, 11) is 0. The molecule has 92 valence electrons. The molecule has 0 radical (unpaired) electrons. The number of nitrogens with zero attached hydrogens (tertiary/aromatic N) is 2. The van der Waals surface area contributed by atoms with E-state index in [9.17, 15) is 14.7 Å². The molecule has 1 heterocycles. The van der Waals surface area contributed by atoms with Gasteiger partial charge in [-0.2, -0.15) is 5.10 Å². The molecule has 6 nitrogen and oxygen atoms in total. The smallest absolute Gasteiger partial charge is 0.331 e. The average Bonchev–Trinajstić information content (AvgIpc) is 2.99. The predicted octanol–water partition coefficient (Wildman–Crippen LogP) is 0.253. The van der Waals surface area contributed by atoms with Gasteiger partial charge in [-0.15, -0.1) is 0 Å². The highest BCUT2D eigenvalue weighted by atomic mass is 16.4. The first-order valence-electron chi connectivity index (χ1n) is 5.54. The molecule has 2 rings (SSSR count). The molecule has 0 saturated heterocycles.